The Morgan fingerprint density at radius 3 is 2.80 bits per heavy atom. The number of hydrogen-bond donors (Lipinski definition) is 2. The summed E-state index contributed by atoms with van der Waals surface area (Å²) in [5.74, 6) is -1.15. The van der Waals surface area contributed by atoms with Crippen LogP contribution in [0.3, 0.4) is 0 Å². The molecule has 1 aromatic rings. The van der Waals surface area contributed by atoms with Gasteiger partial charge in [0.25, 0.3) is 6.43 Å². The summed E-state index contributed by atoms with van der Waals surface area (Å²) in [5.41, 5.74) is 5.08. The molecule has 0 amide bonds. The predicted molar refractivity (Wildman–Crippen MR) is 48.4 cm³/mol. The largest absolute Gasteiger partial charge is 0.481 e. The maximum absolute atomic E-state index is 12.5. The second kappa shape index (κ2) is 4.79. The van der Waals surface area contributed by atoms with Crippen molar-refractivity contribution in [3.05, 3.63) is 29.6 Å². The normalized spacial score (nSPS) is 12.8. The molecule has 1 heterocycles. The molecule has 1 rings (SSSR count). The van der Waals surface area contributed by atoms with Gasteiger partial charge in [0.05, 0.1) is 18.2 Å². The Hall–Kier alpha value is -1.56. The molecule has 0 saturated heterocycles. The number of carboxylic acids is 1. The van der Waals surface area contributed by atoms with E-state index in [1.165, 1.54) is 18.3 Å². The number of carboxylic acid groups (broad SMARTS) is 1. The fraction of sp³-hybridized carbons (Fsp3) is 0.333. The van der Waals surface area contributed by atoms with E-state index in [4.69, 9.17) is 10.8 Å². The number of aromatic nitrogens is 1. The zero-order valence-corrected chi connectivity index (χ0v) is 7.73. The van der Waals surface area contributed by atoms with Crippen molar-refractivity contribution in [3.8, 4) is 0 Å². The number of nitrogens with zero attached hydrogens (tertiary/aromatic N) is 1. The number of alkyl halides is 2. The molecule has 0 spiro atoms. The highest BCUT2D eigenvalue weighted by Gasteiger charge is 2.20. The van der Waals surface area contributed by atoms with Gasteiger partial charge in [-0.2, -0.15) is 0 Å². The molecule has 0 aliphatic carbocycles. The number of nitrogens with two attached hydrogens (primary N) is 1. The number of aliphatic carboxylic acids is 1. The van der Waals surface area contributed by atoms with Crippen LogP contribution in [0, 0.1) is 0 Å². The fourth-order valence-electron chi connectivity index (χ4n) is 1.21. The lowest BCUT2D eigenvalue weighted by molar-refractivity contribution is -0.137. The van der Waals surface area contributed by atoms with Gasteiger partial charge in [-0.15, -0.1) is 0 Å². The minimum Gasteiger partial charge on any atom is -0.481 e. The average Bonchev–Trinajstić information content (AvgIpc) is 2.16. The lowest BCUT2D eigenvalue weighted by Crippen LogP contribution is -2.18. The van der Waals surface area contributed by atoms with Crippen LogP contribution >= 0.6 is 0 Å². The van der Waals surface area contributed by atoms with E-state index in [-0.39, 0.29) is 11.3 Å². The van der Waals surface area contributed by atoms with Gasteiger partial charge >= 0.3 is 5.97 Å². The standard InChI is InChI=1S/C9H10F2N2O2/c10-9(11)5-2-1-3-13-8(5)6(12)4-7(14)15/h1-3,6,9H,4,12H2,(H,14,15). The van der Waals surface area contributed by atoms with Gasteiger partial charge in [0.1, 0.15) is 0 Å². The molecule has 0 radical (unpaired) electrons. The Morgan fingerprint density at radius 1 is 1.60 bits per heavy atom. The van der Waals surface area contributed by atoms with Gasteiger partial charge in [0.15, 0.2) is 0 Å². The highest BCUT2D eigenvalue weighted by molar-refractivity contribution is 5.67. The van der Waals surface area contributed by atoms with Crippen LogP contribution in [0.4, 0.5) is 8.78 Å². The second-order valence-corrected chi connectivity index (χ2v) is 2.98. The molecular formula is C9H10F2N2O2. The number of pyridine rings is 1. The van der Waals surface area contributed by atoms with Gasteiger partial charge in [-0.1, -0.05) is 0 Å². The summed E-state index contributed by atoms with van der Waals surface area (Å²) in [6, 6.07) is 1.54. The van der Waals surface area contributed by atoms with Crippen molar-refractivity contribution >= 4 is 5.97 Å². The Labute approximate surface area is 84.7 Å². The van der Waals surface area contributed by atoms with Gasteiger partial charge in [-0.25, -0.2) is 8.78 Å². The summed E-state index contributed by atoms with van der Waals surface area (Å²) >= 11 is 0. The monoisotopic (exact) mass is 216 g/mol. The second-order valence-electron chi connectivity index (χ2n) is 2.98. The van der Waals surface area contributed by atoms with Crippen LogP contribution in [0.25, 0.3) is 0 Å². The van der Waals surface area contributed by atoms with E-state index in [2.05, 4.69) is 4.98 Å². The molecule has 0 saturated carbocycles. The Bertz CT molecular complexity index is 358. The van der Waals surface area contributed by atoms with Gasteiger partial charge < -0.3 is 10.8 Å². The minimum atomic E-state index is -2.70. The van der Waals surface area contributed by atoms with Gasteiger partial charge in [0, 0.05) is 11.8 Å². The number of hydrogen-bond acceptors (Lipinski definition) is 3. The van der Waals surface area contributed by atoms with Crippen molar-refractivity contribution in [2.45, 2.75) is 18.9 Å². The zero-order valence-electron chi connectivity index (χ0n) is 7.73. The van der Waals surface area contributed by atoms with Crippen LogP contribution in [0.15, 0.2) is 18.3 Å². The number of carbonyl (C=O) groups is 1. The average molecular weight is 216 g/mol. The molecule has 4 nitrogen and oxygen atoms in total. The van der Waals surface area contributed by atoms with E-state index < -0.39 is 24.9 Å². The lowest BCUT2D eigenvalue weighted by atomic mass is 10.1. The Balaban J connectivity index is 2.97. The van der Waals surface area contributed by atoms with Crippen molar-refractivity contribution in [1.29, 1.82) is 0 Å². The van der Waals surface area contributed by atoms with E-state index >= 15 is 0 Å². The van der Waals surface area contributed by atoms with Crippen molar-refractivity contribution in [1.82, 2.24) is 4.98 Å². The van der Waals surface area contributed by atoms with Crippen molar-refractivity contribution < 1.29 is 18.7 Å². The summed E-state index contributed by atoms with van der Waals surface area (Å²) in [6.07, 6.45) is -1.81. The highest BCUT2D eigenvalue weighted by atomic mass is 19.3. The summed E-state index contributed by atoms with van der Waals surface area (Å²) in [5, 5.41) is 8.48. The molecule has 82 valence electrons. The molecule has 6 heteroatoms. The Morgan fingerprint density at radius 2 is 2.27 bits per heavy atom. The smallest absolute Gasteiger partial charge is 0.305 e. The maximum Gasteiger partial charge on any atom is 0.305 e. The highest BCUT2D eigenvalue weighted by Crippen LogP contribution is 2.25. The van der Waals surface area contributed by atoms with Crippen LogP contribution in [0.2, 0.25) is 0 Å². The topological polar surface area (TPSA) is 76.2 Å². The van der Waals surface area contributed by atoms with Crippen molar-refractivity contribution in [2.75, 3.05) is 0 Å². The van der Waals surface area contributed by atoms with E-state index in [9.17, 15) is 13.6 Å². The molecular weight excluding hydrogens is 206 g/mol. The van der Waals surface area contributed by atoms with Crippen molar-refractivity contribution in [2.24, 2.45) is 5.73 Å². The van der Waals surface area contributed by atoms with E-state index in [1.807, 2.05) is 0 Å². The molecule has 0 aromatic carbocycles. The van der Waals surface area contributed by atoms with Crippen LogP contribution in [0.1, 0.15) is 30.1 Å². The van der Waals surface area contributed by atoms with E-state index in [1.54, 1.807) is 0 Å². The van der Waals surface area contributed by atoms with Gasteiger partial charge in [-0.3, -0.25) is 9.78 Å². The SMILES string of the molecule is NC(CC(=O)O)c1ncccc1C(F)F. The maximum atomic E-state index is 12.5. The summed E-state index contributed by atoms with van der Waals surface area (Å²) in [4.78, 5) is 14.1. The third-order valence-corrected chi connectivity index (χ3v) is 1.85. The third-order valence-electron chi connectivity index (χ3n) is 1.85. The van der Waals surface area contributed by atoms with Gasteiger partial charge in [-0.05, 0) is 12.1 Å². The van der Waals surface area contributed by atoms with Crippen LogP contribution < -0.4 is 5.73 Å². The van der Waals surface area contributed by atoms with Crippen LogP contribution in [-0.4, -0.2) is 16.1 Å². The summed E-state index contributed by atoms with van der Waals surface area (Å²) in [7, 11) is 0. The first kappa shape index (κ1) is 11.5. The lowest BCUT2D eigenvalue weighted by Gasteiger charge is -2.12. The Kier molecular flexibility index (Phi) is 3.68. The van der Waals surface area contributed by atoms with E-state index in [0.717, 1.165) is 0 Å². The predicted octanol–water partition coefficient (Wildman–Crippen LogP) is 1.49. The first-order valence-corrected chi connectivity index (χ1v) is 4.22. The molecule has 1 unspecified atom stereocenters. The summed E-state index contributed by atoms with van der Waals surface area (Å²) in [6.45, 7) is 0. The minimum absolute atomic E-state index is 0.0603. The number of rotatable bonds is 4. The molecule has 0 bridgehead atoms. The quantitative estimate of drug-likeness (QED) is 0.799. The fourth-order valence-corrected chi connectivity index (χ4v) is 1.21. The number of halogens is 2. The van der Waals surface area contributed by atoms with Crippen LogP contribution in [0.5, 0.6) is 0 Å². The van der Waals surface area contributed by atoms with Gasteiger partial charge in [0.2, 0.25) is 0 Å². The zero-order chi connectivity index (χ0) is 11.4. The molecule has 1 atom stereocenters. The molecule has 3 N–H and O–H groups in total. The molecule has 0 fully saturated rings. The van der Waals surface area contributed by atoms with E-state index in [0.29, 0.717) is 0 Å². The summed E-state index contributed by atoms with van der Waals surface area (Å²) < 4.78 is 25.0. The molecule has 0 aliphatic rings. The molecule has 1 aromatic heterocycles. The third kappa shape index (κ3) is 2.95. The first-order valence-electron chi connectivity index (χ1n) is 4.22. The molecule has 0 aliphatic heterocycles. The van der Waals surface area contributed by atoms with Crippen molar-refractivity contribution in [3.63, 3.8) is 0 Å². The first-order chi connectivity index (χ1) is 7.02. The molecule has 15 heavy (non-hydrogen) atoms. The van der Waals surface area contributed by atoms with Crippen LogP contribution in [-0.2, 0) is 4.79 Å².